The number of aliphatic hydroxyl groups excluding tert-OH is 1. The van der Waals surface area contributed by atoms with Crippen molar-refractivity contribution in [2.24, 2.45) is 5.92 Å². The molecule has 1 N–H and O–H groups in total. The Kier molecular flexibility index (Phi) is 3.48. The number of hydrogen-bond donors (Lipinski definition) is 1. The van der Waals surface area contributed by atoms with E-state index in [4.69, 9.17) is 0 Å². The van der Waals surface area contributed by atoms with Crippen LogP contribution in [0.4, 0.5) is 5.69 Å². The van der Waals surface area contributed by atoms with Gasteiger partial charge in [0.15, 0.2) is 0 Å². The Labute approximate surface area is 102 Å². The zero-order valence-electron chi connectivity index (χ0n) is 10.4. The van der Waals surface area contributed by atoms with Gasteiger partial charge in [-0.2, -0.15) is 0 Å². The highest BCUT2D eigenvalue weighted by Crippen LogP contribution is 2.33. The van der Waals surface area contributed by atoms with Crippen LogP contribution < -0.4 is 4.90 Å². The van der Waals surface area contributed by atoms with E-state index in [1.54, 1.807) is 0 Å². The monoisotopic (exact) mass is 233 g/mol. The van der Waals surface area contributed by atoms with Crippen molar-refractivity contribution in [3.8, 4) is 0 Å². The molecule has 1 aromatic rings. The molecule has 1 heterocycles. The number of carbonyl (C=O) groups is 1. The normalized spacial score (nSPS) is 20.0. The third kappa shape index (κ3) is 2.34. The predicted octanol–water partition coefficient (Wildman–Crippen LogP) is 2.50. The van der Waals surface area contributed by atoms with Crippen LogP contribution in [0, 0.1) is 5.92 Å². The molecule has 0 bridgehead atoms. The Balaban J connectivity index is 2.42. The first-order valence-corrected chi connectivity index (χ1v) is 6.19. The Bertz CT molecular complexity index is 414. The topological polar surface area (TPSA) is 40.5 Å². The molecule has 2 rings (SSSR count). The minimum absolute atomic E-state index is 0.0155. The standard InChI is InChI=1S/C14H19NO2/c1-10(2)14(17)15-9-5-8-13(16)11-6-3-4-7-12(11)15/h3-4,6-7,10,13,16H,5,8-9H2,1-2H3. The van der Waals surface area contributed by atoms with Crippen molar-refractivity contribution in [1.82, 2.24) is 0 Å². The molecule has 1 aliphatic heterocycles. The van der Waals surface area contributed by atoms with Crippen LogP contribution in [-0.2, 0) is 4.79 Å². The van der Waals surface area contributed by atoms with E-state index in [2.05, 4.69) is 0 Å². The van der Waals surface area contributed by atoms with E-state index in [-0.39, 0.29) is 11.8 Å². The van der Waals surface area contributed by atoms with Crippen LogP contribution in [0.3, 0.4) is 0 Å². The van der Waals surface area contributed by atoms with Crippen molar-refractivity contribution >= 4 is 11.6 Å². The minimum Gasteiger partial charge on any atom is -0.388 e. The van der Waals surface area contributed by atoms with E-state index >= 15 is 0 Å². The molecule has 1 amide bonds. The molecule has 0 spiro atoms. The van der Waals surface area contributed by atoms with Gasteiger partial charge in [0.1, 0.15) is 0 Å². The van der Waals surface area contributed by atoms with Crippen molar-refractivity contribution in [2.45, 2.75) is 32.8 Å². The number of aliphatic hydroxyl groups is 1. The smallest absolute Gasteiger partial charge is 0.229 e. The summed E-state index contributed by atoms with van der Waals surface area (Å²) in [6, 6.07) is 7.65. The maximum absolute atomic E-state index is 12.2. The lowest BCUT2D eigenvalue weighted by atomic mass is 10.0. The molecule has 1 unspecified atom stereocenters. The van der Waals surface area contributed by atoms with Crippen molar-refractivity contribution in [3.63, 3.8) is 0 Å². The molecule has 17 heavy (non-hydrogen) atoms. The highest BCUT2D eigenvalue weighted by Gasteiger charge is 2.26. The lowest BCUT2D eigenvalue weighted by Crippen LogP contribution is -2.34. The summed E-state index contributed by atoms with van der Waals surface area (Å²) in [4.78, 5) is 14.0. The first kappa shape index (κ1) is 12.1. The summed E-state index contributed by atoms with van der Waals surface area (Å²) in [5, 5.41) is 10.0. The van der Waals surface area contributed by atoms with Crippen LogP contribution >= 0.6 is 0 Å². The number of rotatable bonds is 1. The van der Waals surface area contributed by atoms with Crippen LogP contribution in [0.2, 0.25) is 0 Å². The van der Waals surface area contributed by atoms with Gasteiger partial charge in [0, 0.05) is 23.7 Å². The van der Waals surface area contributed by atoms with Gasteiger partial charge in [0.25, 0.3) is 0 Å². The molecule has 0 saturated carbocycles. The minimum atomic E-state index is -0.448. The van der Waals surface area contributed by atoms with E-state index in [1.165, 1.54) is 0 Å². The second-order valence-electron chi connectivity index (χ2n) is 4.86. The fourth-order valence-corrected chi connectivity index (χ4v) is 2.27. The molecule has 0 fully saturated rings. The van der Waals surface area contributed by atoms with Crippen LogP contribution in [0.15, 0.2) is 24.3 Å². The maximum Gasteiger partial charge on any atom is 0.229 e. The average Bonchev–Trinajstić information content (AvgIpc) is 2.49. The number of para-hydroxylation sites is 1. The SMILES string of the molecule is CC(C)C(=O)N1CCCC(O)c2ccccc21. The number of benzene rings is 1. The van der Waals surface area contributed by atoms with Crippen molar-refractivity contribution in [3.05, 3.63) is 29.8 Å². The molecule has 3 heteroatoms. The molecular formula is C14H19NO2. The van der Waals surface area contributed by atoms with E-state index in [9.17, 15) is 9.90 Å². The number of carbonyl (C=O) groups excluding carboxylic acids is 1. The third-order valence-corrected chi connectivity index (χ3v) is 3.21. The zero-order valence-corrected chi connectivity index (χ0v) is 10.4. The highest BCUT2D eigenvalue weighted by molar-refractivity contribution is 5.95. The first-order valence-electron chi connectivity index (χ1n) is 6.19. The van der Waals surface area contributed by atoms with Crippen LogP contribution in [0.25, 0.3) is 0 Å². The Morgan fingerprint density at radius 3 is 2.82 bits per heavy atom. The summed E-state index contributed by atoms with van der Waals surface area (Å²) < 4.78 is 0. The van der Waals surface area contributed by atoms with Gasteiger partial charge in [-0.05, 0) is 18.9 Å². The number of fused-ring (bicyclic) bond motifs is 1. The fraction of sp³-hybridized carbons (Fsp3) is 0.500. The lowest BCUT2D eigenvalue weighted by Gasteiger charge is -2.25. The number of nitrogens with zero attached hydrogens (tertiary/aromatic N) is 1. The maximum atomic E-state index is 12.2. The van der Waals surface area contributed by atoms with Crippen LogP contribution in [0.5, 0.6) is 0 Å². The van der Waals surface area contributed by atoms with Gasteiger partial charge in [-0.1, -0.05) is 32.0 Å². The average molecular weight is 233 g/mol. The van der Waals surface area contributed by atoms with Crippen molar-refractivity contribution in [1.29, 1.82) is 0 Å². The Hall–Kier alpha value is -1.35. The number of hydrogen-bond acceptors (Lipinski definition) is 2. The molecule has 1 aliphatic rings. The highest BCUT2D eigenvalue weighted by atomic mass is 16.3. The molecule has 3 nitrogen and oxygen atoms in total. The van der Waals surface area contributed by atoms with Gasteiger partial charge in [0.05, 0.1) is 6.10 Å². The molecule has 92 valence electrons. The van der Waals surface area contributed by atoms with Gasteiger partial charge in [-0.25, -0.2) is 0 Å². The Morgan fingerprint density at radius 1 is 1.41 bits per heavy atom. The number of amides is 1. The Morgan fingerprint density at radius 2 is 2.12 bits per heavy atom. The predicted molar refractivity (Wildman–Crippen MR) is 67.8 cm³/mol. The largest absolute Gasteiger partial charge is 0.388 e. The third-order valence-electron chi connectivity index (χ3n) is 3.21. The molecule has 1 aromatic carbocycles. The molecule has 0 saturated heterocycles. The van der Waals surface area contributed by atoms with E-state index in [0.717, 1.165) is 24.1 Å². The summed E-state index contributed by atoms with van der Waals surface area (Å²) in [6.07, 6.45) is 1.11. The second kappa shape index (κ2) is 4.88. The van der Waals surface area contributed by atoms with Crippen LogP contribution in [-0.4, -0.2) is 17.6 Å². The lowest BCUT2D eigenvalue weighted by molar-refractivity contribution is -0.121. The summed E-state index contributed by atoms with van der Waals surface area (Å²) in [5.74, 6) is 0.116. The molecule has 0 radical (unpaired) electrons. The summed E-state index contributed by atoms with van der Waals surface area (Å²) in [5.41, 5.74) is 1.75. The van der Waals surface area contributed by atoms with Crippen LogP contribution in [0.1, 0.15) is 38.4 Å². The van der Waals surface area contributed by atoms with Gasteiger partial charge in [-0.15, -0.1) is 0 Å². The van der Waals surface area contributed by atoms with E-state index in [0.29, 0.717) is 6.54 Å². The quantitative estimate of drug-likeness (QED) is 0.809. The molecular weight excluding hydrogens is 214 g/mol. The van der Waals surface area contributed by atoms with Gasteiger partial charge >= 0.3 is 0 Å². The number of anilines is 1. The first-order chi connectivity index (χ1) is 8.11. The summed E-state index contributed by atoms with van der Waals surface area (Å²) in [7, 11) is 0. The second-order valence-corrected chi connectivity index (χ2v) is 4.86. The summed E-state index contributed by atoms with van der Waals surface area (Å²) >= 11 is 0. The van der Waals surface area contributed by atoms with Gasteiger partial charge in [-0.3, -0.25) is 4.79 Å². The van der Waals surface area contributed by atoms with E-state index in [1.807, 2.05) is 43.0 Å². The van der Waals surface area contributed by atoms with Crippen molar-refractivity contribution < 1.29 is 9.90 Å². The van der Waals surface area contributed by atoms with Gasteiger partial charge < -0.3 is 10.0 Å². The molecule has 1 atom stereocenters. The van der Waals surface area contributed by atoms with E-state index < -0.39 is 6.10 Å². The summed E-state index contributed by atoms with van der Waals surface area (Å²) in [6.45, 7) is 4.52. The van der Waals surface area contributed by atoms with Crippen molar-refractivity contribution in [2.75, 3.05) is 11.4 Å². The fourth-order valence-electron chi connectivity index (χ4n) is 2.27. The van der Waals surface area contributed by atoms with Gasteiger partial charge in [0.2, 0.25) is 5.91 Å². The zero-order chi connectivity index (χ0) is 12.4. The molecule has 0 aliphatic carbocycles. The molecule has 0 aromatic heterocycles.